The van der Waals surface area contributed by atoms with Crippen LogP contribution in [0.25, 0.3) is 0 Å². The molecule has 0 aromatic rings. The van der Waals surface area contributed by atoms with Crippen molar-refractivity contribution >= 4 is 18.1 Å². The normalized spacial score (nSPS) is 26.7. The first-order valence-corrected chi connectivity index (χ1v) is 19.0. The van der Waals surface area contributed by atoms with Gasteiger partial charge in [0.05, 0.1) is 31.8 Å². The highest BCUT2D eigenvalue weighted by molar-refractivity contribution is 5.82. The van der Waals surface area contributed by atoms with Crippen LogP contribution in [-0.4, -0.2) is 156 Å². The largest absolute Gasteiger partial charge is 0.468 e. The summed E-state index contributed by atoms with van der Waals surface area (Å²) in [5.74, 6) is -0.765. The second kappa shape index (κ2) is 20.9. The van der Waals surface area contributed by atoms with Crippen molar-refractivity contribution in [3.05, 3.63) is 11.8 Å². The van der Waals surface area contributed by atoms with Crippen LogP contribution in [0.2, 0.25) is 0 Å². The average Bonchev–Trinajstić information content (AvgIpc) is 3.05. The molecule has 18 nitrogen and oxygen atoms in total. The third kappa shape index (κ3) is 14.4. The van der Waals surface area contributed by atoms with Crippen LogP contribution in [-0.2, 0) is 33.2 Å². The number of ether oxygens (including phenoxy) is 6. The van der Waals surface area contributed by atoms with Crippen molar-refractivity contribution in [2.45, 2.75) is 147 Å². The number of aliphatic hydroxyl groups is 4. The fourth-order valence-electron chi connectivity index (χ4n) is 6.20. The SMILES string of the molecule is CC[C@@H](O)[C@H](OCCO)O[C@@H]1[C@@H](O)[C@H](O[C@@H]2CCC=C(CNCCCN)O2)[C@@H](NC(=O)OC(C)(C)C)C[C@H]1NC(=O)C(O)C1CN(C(=O)OC(C)(C)C)C1. The molecule has 9 N–H and O–H groups in total. The lowest BCUT2D eigenvalue weighted by Gasteiger charge is -2.47. The van der Waals surface area contributed by atoms with E-state index in [2.05, 4.69) is 16.0 Å². The molecule has 0 bridgehead atoms. The summed E-state index contributed by atoms with van der Waals surface area (Å²) in [7, 11) is 0. The first kappa shape index (κ1) is 45.6. The van der Waals surface area contributed by atoms with Gasteiger partial charge in [-0.05, 0) is 86.4 Å². The predicted molar refractivity (Wildman–Crippen MR) is 195 cm³/mol. The standard InChI is InChI=1S/C36H65N5O13/c1-8-25(43)32(49-16-15-42)52-30-23(39-31(46)27(44)21-19-41(20-21)34(48)54-36(5,6)7)17-24(40-33(47)53-35(2,3)4)29(28(30)45)51-26-12-9-11-22(50-26)18-38-14-10-13-37/h11,21,23-30,32,38,42-45H,8-10,12-20,37H2,1-7H3,(H,39,46)(H,40,47)/t23-,24+,25-,26-,27?,28+,29-,30+,32-/m1/s1. The molecule has 1 saturated heterocycles. The number of hydrogen-bond donors (Lipinski definition) is 8. The number of nitrogens with zero attached hydrogens (tertiary/aromatic N) is 1. The van der Waals surface area contributed by atoms with Crippen molar-refractivity contribution in [2.75, 3.05) is 45.9 Å². The van der Waals surface area contributed by atoms with Crippen molar-refractivity contribution in [2.24, 2.45) is 11.7 Å². The molecule has 0 aromatic carbocycles. The number of allylic oxidation sites excluding steroid dienone is 1. The zero-order chi connectivity index (χ0) is 40.2. The lowest BCUT2D eigenvalue weighted by molar-refractivity contribution is -0.270. The van der Waals surface area contributed by atoms with E-state index in [0.29, 0.717) is 38.2 Å². The topological polar surface area (TPSA) is 253 Å². The van der Waals surface area contributed by atoms with Crippen LogP contribution in [0, 0.1) is 5.92 Å². The van der Waals surface area contributed by atoms with E-state index in [-0.39, 0.29) is 39.1 Å². The first-order chi connectivity index (χ1) is 25.3. The minimum atomic E-state index is -1.57. The Morgan fingerprint density at radius 3 is 2.31 bits per heavy atom. The van der Waals surface area contributed by atoms with Crippen molar-refractivity contribution < 1.29 is 63.2 Å². The van der Waals surface area contributed by atoms with E-state index in [9.17, 15) is 34.8 Å². The van der Waals surface area contributed by atoms with Gasteiger partial charge in [0.1, 0.15) is 47.5 Å². The fourth-order valence-corrected chi connectivity index (χ4v) is 6.20. The highest BCUT2D eigenvalue weighted by Crippen LogP contribution is 2.32. The van der Waals surface area contributed by atoms with Gasteiger partial charge < -0.3 is 75.4 Å². The molecule has 312 valence electrons. The van der Waals surface area contributed by atoms with Crippen LogP contribution >= 0.6 is 0 Å². The van der Waals surface area contributed by atoms with Gasteiger partial charge in [-0.1, -0.05) is 6.92 Å². The molecule has 3 aliphatic rings. The van der Waals surface area contributed by atoms with Crippen molar-refractivity contribution in [3.63, 3.8) is 0 Å². The number of hydrogen-bond acceptors (Lipinski definition) is 15. The summed E-state index contributed by atoms with van der Waals surface area (Å²) in [5.41, 5.74) is 4.03. The number of nitrogens with one attached hydrogen (secondary N) is 3. The lowest BCUT2D eigenvalue weighted by Crippen LogP contribution is -2.68. The van der Waals surface area contributed by atoms with E-state index < -0.39 is 90.4 Å². The van der Waals surface area contributed by atoms with E-state index >= 15 is 0 Å². The molecule has 2 heterocycles. The van der Waals surface area contributed by atoms with Gasteiger partial charge in [-0.3, -0.25) is 4.79 Å². The average molecular weight is 776 g/mol. The minimum absolute atomic E-state index is 0.0790. The predicted octanol–water partition coefficient (Wildman–Crippen LogP) is 0.192. The van der Waals surface area contributed by atoms with Crippen LogP contribution in [0.4, 0.5) is 9.59 Å². The van der Waals surface area contributed by atoms with Crippen LogP contribution in [0.15, 0.2) is 11.8 Å². The molecule has 1 unspecified atom stereocenters. The fraction of sp³-hybridized carbons (Fsp3) is 0.861. The summed E-state index contributed by atoms with van der Waals surface area (Å²) < 4.78 is 35.2. The Labute approximate surface area is 318 Å². The summed E-state index contributed by atoms with van der Waals surface area (Å²) >= 11 is 0. The Kier molecular flexibility index (Phi) is 17.7. The van der Waals surface area contributed by atoms with Crippen LogP contribution < -0.4 is 21.7 Å². The summed E-state index contributed by atoms with van der Waals surface area (Å²) in [6.45, 7) is 13.3. The maximum absolute atomic E-state index is 13.6. The molecule has 18 heteroatoms. The Morgan fingerprint density at radius 1 is 1.04 bits per heavy atom. The zero-order valence-electron chi connectivity index (χ0n) is 32.8. The Morgan fingerprint density at radius 2 is 1.70 bits per heavy atom. The maximum Gasteiger partial charge on any atom is 0.410 e. The smallest absolute Gasteiger partial charge is 0.410 e. The molecule has 2 aliphatic heterocycles. The molecule has 3 rings (SSSR count). The third-order valence-electron chi connectivity index (χ3n) is 8.90. The molecule has 54 heavy (non-hydrogen) atoms. The number of carbonyl (C=O) groups is 3. The number of likely N-dealkylation sites (tertiary alicyclic amines) is 1. The molecule has 1 saturated carbocycles. The number of amides is 3. The van der Waals surface area contributed by atoms with Gasteiger partial charge in [0.25, 0.3) is 0 Å². The molecule has 1 aliphatic carbocycles. The molecule has 3 amide bonds. The highest BCUT2D eigenvalue weighted by atomic mass is 16.7. The summed E-state index contributed by atoms with van der Waals surface area (Å²) in [4.78, 5) is 40.6. The van der Waals surface area contributed by atoms with Gasteiger partial charge in [0, 0.05) is 25.4 Å². The molecule has 0 spiro atoms. The second-order valence-electron chi connectivity index (χ2n) is 15.9. The maximum atomic E-state index is 13.6. The summed E-state index contributed by atoms with van der Waals surface area (Å²) in [5, 5.41) is 52.2. The highest BCUT2D eigenvalue weighted by Gasteiger charge is 2.50. The van der Waals surface area contributed by atoms with Gasteiger partial charge >= 0.3 is 12.2 Å². The van der Waals surface area contributed by atoms with Gasteiger partial charge in [-0.25, -0.2) is 9.59 Å². The summed E-state index contributed by atoms with van der Waals surface area (Å²) in [6, 6.07) is -2.06. The van der Waals surface area contributed by atoms with E-state index in [1.165, 1.54) is 4.90 Å². The van der Waals surface area contributed by atoms with E-state index in [1.54, 1.807) is 48.5 Å². The molecule has 2 fully saturated rings. The van der Waals surface area contributed by atoms with E-state index in [0.717, 1.165) is 6.42 Å². The first-order valence-electron chi connectivity index (χ1n) is 19.0. The second-order valence-corrected chi connectivity index (χ2v) is 15.9. The van der Waals surface area contributed by atoms with Gasteiger partial charge in [0.2, 0.25) is 5.91 Å². The molecule has 0 aromatic heterocycles. The Hall–Kier alpha value is -2.81. The molecular weight excluding hydrogens is 710 g/mol. The minimum Gasteiger partial charge on any atom is -0.468 e. The van der Waals surface area contributed by atoms with Gasteiger partial charge in [-0.2, -0.15) is 0 Å². The monoisotopic (exact) mass is 775 g/mol. The van der Waals surface area contributed by atoms with Crippen molar-refractivity contribution in [3.8, 4) is 0 Å². The van der Waals surface area contributed by atoms with Crippen LogP contribution in [0.1, 0.15) is 80.6 Å². The van der Waals surface area contributed by atoms with Gasteiger partial charge in [-0.15, -0.1) is 0 Å². The number of nitrogens with two attached hydrogens (primary N) is 1. The van der Waals surface area contributed by atoms with Crippen molar-refractivity contribution in [1.82, 2.24) is 20.9 Å². The van der Waals surface area contributed by atoms with E-state index in [1.807, 2.05) is 6.08 Å². The van der Waals surface area contributed by atoms with Gasteiger partial charge in [0.15, 0.2) is 12.6 Å². The number of rotatable bonds is 18. The summed E-state index contributed by atoms with van der Waals surface area (Å²) in [6.07, 6.45) is -6.42. The zero-order valence-corrected chi connectivity index (χ0v) is 32.8. The quantitative estimate of drug-likeness (QED) is 0.0684. The third-order valence-corrected chi connectivity index (χ3v) is 8.90. The number of carbonyl (C=O) groups excluding carboxylic acids is 3. The van der Waals surface area contributed by atoms with Crippen LogP contribution in [0.3, 0.4) is 0 Å². The van der Waals surface area contributed by atoms with E-state index in [4.69, 9.17) is 34.2 Å². The molecule has 0 radical (unpaired) electrons. The van der Waals surface area contributed by atoms with Crippen LogP contribution in [0.5, 0.6) is 0 Å². The lowest BCUT2D eigenvalue weighted by atomic mass is 9.82. The number of alkyl carbamates (subject to hydrolysis) is 1. The molecule has 9 atom stereocenters. The number of aliphatic hydroxyl groups excluding tert-OH is 4. The Bertz CT molecular complexity index is 1220. The Balaban J connectivity index is 1.87. The van der Waals surface area contributed by atoms with Crippen molar-refractivity contribution in [1.29, 1.82) is 0 Å². The molecular formula is C36H65N5O13.